The molecule has 0 fully saturated rings. The van der Waals surface area contributed by atoms with Crippen molar-refractivity contribution >= 4 is 23.2 Å². The zero-order chi connectivity index (χ0) is 20.5. The van der Waals surface area contributed by atoms with Crippen molar-refractivity contribution < 1.29 is 14.4 Å². The Morgan fingerprint density at radius 1 is 0.931 bits per heavy atom. The fourth-order valence-electron chi connectivity index (χ4n) is 2.66. The number of amides is 2. The van der Waals surface area contributed by atoms with Gasteiger partial charge in [0.1, 0.15) is 0 Å². The van der Waals surface area contributed by atoms with E-state index in [0.717, 1.165) is 11.1 Å². The number of anilines is 2. The summed E-state index contributed by atoms with van der Waals surface area (Å²) in [4.78, 5) is 32.9. The van der Waals surface area contributed by atoms with Crippen LogP contribution in [0, 0.1) is 0 Å². The molecule has 0 saturated carbocycles. The van der Waals surface area contributed by atoms with Crippen LogP contribution in [0.3, 0.4) is 0 Å². The van der Waals surface area contributed by atoms with E-state index in [-0.39, 0.29) is 18.4 Å². The summed E-state index contributed by atoms with van der Waals surface area (Å²) >= 11 is 0. The summed E-state index contributed by atoms with van der Waals surface area (Å²) < 4.78 is 0. The first-order valence-corrected chi connectivity index (χ1v) is 9.12. The van der Waals surface area contributed by atoms with Gasteiger partial charge < -0.3 is 10.6 Å². The maximum absolute atomic E-state index is 12.5. The topological polar surface area (TPSA) is 92.4 Å². The van der Waals surface area contributed by atoms with Gasteiger partial charge in [-0.1, -0.05) is 24.3 Å². The molecule has 0 unspecified atom stereocenters. The standard InChI is InChI=1S/C22H22N4O3/c1-16(27)25-19-8-6-18(7-9-19)15-29-26-22(28)20-4-2-3-5-21(20)24-14-17-10-12-23-13-11-17/h2-13,24H,14-15H2,1H3,(H,25,27)(H,26,28). The monoisotopic (exact) mass is 390 g/mol. The van der Waals surface area contributed by atoms with Gasteiger partial charge in [-0.05, 0) is 47.5 Å². The molecule has 0 bridgehead atoms. The van der Waals surface area contributed by atoms with Crippen molar-refractivity contribution in [1.29, 1.82) is 0 Å². The molecule has 3 aromatic rings. The predicted molar refractivity (Wildman–Crippen MR) is 111 cm³/mol. The smallest absolute Gasteiger partial charge is 0.276 e. The molecule has 2 amide bonds. The summed E-state index contributed by atoms with van der Waals surface area (Å²) in [6.07, 6.45) is 3.46. The third-order valence-corrected chi connectivity index (χ3v) is 4.08. The highest BCUT2D eigenvalue weighted by Gasteiger charge is 2.11. The summed E-state index contributed by atoms with van der Waals surface area (Å²) in [5.74, 6) is -0.463. The van der Waals surface area contributed by atoms with Crippen molar-refractivity contribution in [3.63, 3.8) is 0 Å². The zero-order valence-corrected chi connectivity index (χ0v) is 16.0. The minimum Gasteiger partial charge on any atom is -0.380 e. The number of nitrogens with one attached hydrogen (secondary N) is 3. The van der Waals surface area contributed by atoms with Gasteiger partial charge in [0, 0.05) is 37.2 Å². The lowest BCUT2D eigenvalue weighted by molar-refractivity contribution is -0.114. The summed E-state index contributed by atoms with van der Waals surface area (Å²) in [5.41, 5.74) is 6.31. The van der Waals surface area contributed by atoms with Crippen molar-refractivity contribution in [1.82, 2.24) is 10.5 Å². The van der Waals surface area contributed by atoms with E-state index in [9.17, 15) is 9.59 Å². The molecule has 0 radical (unpaired) electrons. The Morgan fingerprint density at radius 3 is 2.38 bits per heavy atom. The lowest BCUT2D eigenvalue weighted by atomic mass is 10.1. The van der Waals surface area contributed by atoms with Gasteiger partial charge in [0.15, 0.2) is 0 Å². The molecule has 1 aromatic heterocycles. The van der Waals surface area contributed by atoms with Crippen LogP contribution in [0.15, 0.2) is 73.1 Å². The number of para-hydroxylation sites is 1. The maximum Gasteiger partial charge on any atom is 0.276 e. The van der Waals surface area contributed by atoms with Gasteiger partial charge >= 0.3 is 0 Å². The molecule has 3 rings (SSSR count). The SMILES string of the molecule is CC(=O)Nc1ccc(CONC(=O)c2ccccc2NCc2ccncc2)cc1. The van der Waals surface area contributed by atoms with E-state index < -0.39 is 0 Å². The Balaban J connectivity index is 1.53. The highest BCUT2D eigenvalue weighted by molar-refractivity contribution is 5.99. The molecule has 0 aliphatic carbocycles. The Kier molecular flexibility index (Phi) is 6.91. The Hall–Kier alpha value is -3.71. The number of pyridine rings is 1. The van der Waals surface area contributed by atoms with Crippen molar-refractivity contribution in [2.75, 3.05) is 10.6 Å². The first-order chi connectivity index (χ1) is 14.1. The molecule has 0 atom stereocenters. The molecule has 3 N–H and O–H groups in total. The van der Waals surface area contributed by atoms with Gasteiger partial charge in [-0.25, -0.2) is 5.48 Å². The van der Waals surface area contributed by atoms with Crippen LogP contribution < -0.4 is 16.1 Å². The van der Waals surface area contributed by atoms with E-state index in [1.807, 2.05) is 36.4 Å². The van der Waals surface area contributed by atoms with Crippen molar-refractivity contribution in [2.24, 2.45) is 0 Å². The molecule has 7 heteroatoms. The van der Waals surface area contributed by atoms with E-state index in [1.165, 1.54) is 6.92 Å². The summed E-state index contributed by atoms with van der Waals surface area (Å²) in [5, 5.41) is 5.96. The fraction of sp³-hybridized carbons (Fsp3) is 0.136. The van der Waals surface area contributed by atoms with E-state index in [4.69, 9.17) is 4.84 Å². The van der Waals surface area contributed by atoms with Crippen LogP contribution in [0.1, 0.15) is 28.4 Å². The Morgan fingerprint density at radius 2 is 1.66 bits per heavy atom. The van der Waals surface area contributed by atoms with Gasteiger partial charge in [-0.15, -0.1) is 0 Å². The number of hydroxylamine groups is 1. The van der Waals surface area contributed by atoms with Gasteiger partial charge in [-0.3, -0.25) is 19.4 Å². The maximum atomic E-state index is 12.5. The number of rotatable bonds is 8. The highest BCUT2D eigenvalue weighted by Crippen LogP contribution is 2.16. The number of carbonyl (C=O) groups is 2. The molecule has 0 aliphatic rings. The predicted octanol–water partition coefficient (Wildman–Crippen LogP) is 3.51. The van der Waals surface area contributed by atoms with Crippen molar-refractivity contribution in [3.05, 3.63) is 89.7 Å². The second-order valence-electron chi connectivity index (χ2n) is 6.35. The van der Waals surface area contributed by atoms with E-state index in [1.54, 1.807) is 36.7 Å². The summed E-state index contributed by atoms with van der Waals surface area (Å²) in [6, 6.07) is 18.3. The first kappa shape index (κ1) is 20.0. The molecule has 1 heterocycles. The normalized spacial score (nSPS) is 10.2. The van der Waals surface area contributed by atoms with Gasteiger partial charge in [-0.2, -0.15) is 0 Å². The molecule has 0 spiro atoms. The van der Waals surface area contributed by atoms with Gasteiger partial charge in [0.2, 0.25) is 5.91 Å². The fourth-order valence-corrected chi connectivity index (χ4v) is 2.66. The number of aromatic nitrogens is 1. The molecule has 148 valence electrons. The molecular formula is C22H22N4O3. The van der Waals surface area contributed by atoms with E-state index >= 15 is 0 Å². The van der Waals surface area contributed by atoms with E-state index in [2.05, 4.69) is 21.1 Å². The van der Waals surface area contributed by atoms with Crippen LogP contribution in [0.4, 0.5) is 11.4 Å². The first-order valence-electron chi connectivity index (χ1n) is 9.12. The Labute approximate surface area is 169 Å². The average Bonchev–Trinajstić information content (AvgIpc) is 2.74. The molecule has 0 aliphatic heterocycles. The van der Waals surface area contributed by atoms with Crippen LogP contribution >= 0.6 is 0 Å². The molecular weight excluding hydrogens is 368 g/mol. The molecule has 2 aromatic carbocycles. The third-order valence-electron chi connectivity index (χ3n) is 4.08. The quantitative estimate of drug-likeness (QED) is 0.512. The highest BCUT2D eigenvalue weighted by atomic mass is 16.6. The summed E-state index contributed by atoms with van der Waals surface area (Å²) in [6.45, 7) is 2.24. The lowest BCUT2D eigenvalue weighted by Gasteiger charge is -2.12. The number of hydrogen-bond acceptors (Lipinski definition) is 5. The second-order valence-corrected chi connectivity index (χ2v) is 6.35. The molecule has 29 heavy (non-hydrogen) atoms. The lowest BCUT2D eigenvalue weighted by Crippen LogP contribution is -2.24. The van der Waals surface area contributed by atoms with Crippen molar-refractivity contribution in [3.8, 4) is 0 Å². The van der Waals surface area contributed by atoms with Crippen LogP contribution in [0.5, 0.6) is 0 Å². The third kappa shape index (κ3) is 6.15. The largest absolute Gasteiger partial charge is 0.380 e. The van der Waals surface area contributed by atoms with Crippen LogP contribution in [-0.4, -0.2) is 16.8 Å². The number of nitrogens with zero attached hydrogens (tertiary/aromatic N) is 1. The van der Waals surface area contributed by atoms with Crippen LogP contribution in [0.25, 0.3) is 0 Å². The van der Waals surface area contributed by atoms with Crippen LogP contribution in [-0.2, 0) is 22.8 Å². The zero-order valence-electron chi connectivity index (χ0n) is 16.0. The van der Waals surface area contributed by atoms with E-state index in [0.29, 0.717) is 23.5 Å². The average molecular weight is 390 g/mol. The van der Waals surface area contributed by atoms with Gasteiger partial charge in [0.05, 0.1) is 12.2 Å². The number of hydrogen-bond donors (Lipinski definition) is 3. The minimum absolute atomic E-state index is 0.127. The second kappa shape index (κ2) is 10.0. The minimum atomic E-state index is -0.335. The Bertz CT molecular complexity index is 959. The van der Waals surface area contributed by atoms with Crippen molar-refractivity contribution in [2.45, 2.75) is 20.1 Å². The molecule has 0 saturated heterocycles. The molecule has 7 nitrogen and oxygen atoms in total. The number of benzene rings is 2. The van der Waals surface area contributed by atoms with Gasteiger partial charge in [0.25, 0.3) is 5.91 Å². The number of carbonyl (C=O) groups excluding carboxylic acids is 2. The van der Waals surface area contributed by atoms with Crippen LogP contribution in [0.2, 0.25) is 0 Å². The summed E-state index contributed by atoms with van der Waals surface area (Å²) in [7, 11) is 0.